The second-order valence-electron chi connectivity index (χ2n) is 6.55. The van der Waals surface area contributed by atoms with E-state index in [0.29, 0.717) is 6.54 Å². The van der Waals surface area contributed by atoms with Crippen molar-refractivity contribution in [3.05, 3.63) is 23.8 Å². The van der Waals surface area contributed by atoms with Gasteiger partial charge < -0.3 is 19.7 Å². The molecule has 0 fully saturated rings. The monoisotopic (exact) mass is 292 g/mol. The summed E-state index contributed by atoms with van der Waals surface area (Å²) in [5.74, 6) is 1.59. The summed E-state index contributed by atoms with van der Waals surface area (Å²) in [5, 5.41) is 3.02. The smallest absolute Gasteiger partial charge is 0.231 e. The first-order valence-electron chi connectivity index (χ1n) is 7.13. The van der Waals surface area contributed by atoms with E-state index in [1.54, 1.807) is 0 Å². The van der Waals surface area contributed by atoms with E-state index in [1.165, 1.54) is 0 Å². The summed E-state index contributed by atoms with van der Waals surface area (Å²) >= 11 is 0. The Morgan fingerprint density at radius 1 is 1.29 bits per heavy atom. The molecule has 0 aliphatic carbocycles. The third-order valence-electron chi connectivity index (χ3n) is 3.54. The van der Waals surface area contributed by atoms with E-state index >= 15 is 0 Å². The van der Waals surface area contributed by atoms with E-state index in [1.807, 2.05) is 53.1 Å². The molecule has 116 valence electrons. The number of nitrogens with zero attached hydrogens (tertiary/aromatic N) is 1. The quantitative estimate of drug-likeness (QED) is 0.924. The number of carbonyl (C=O) groups excluding carboxylic acids is 1. The summed E-state index contributed by atoms with van der Waals surface area (Å²) in [7, 11) is 4.00. The number of amides is 1. The predicted molar refractivity (Wildman–Crippen MR) is 81.5 cm³/mol. The van der Waals surface area contributed by atoms with E-state index in [2.05, 4.69) is 10.2 Å². The minimum Gasteiger partial charge on any atom is -0.454 e. The Morgan fingerprint density at radius 3 is 2.57 bits per heavy atom. The average Bonchev–Trinajstić information content (AvgIpc) is 2.84. The number of benzene rings is 1. The lowest BCUT2D eigenvalue weighted by atomic mass is 9.95. The highest BCUT2D eigenvalue weighted by Crippen LogP contribution is 2.35. The number of carbonyl (C=O) groups is 1. The fourth-order valence-corrected chi connectivity index (χ4v) is 2.17. The number of fused-ring (bicyclic) bond motifs is 1. The molecule has 1 aliphatic heterocycles. The maximum atomic E-state index is 12.0. The van der Waals surface area contributed by atoms with Crippen molar-refractivity contribution in [2.45, 2.75) is 26.8 Å². The third kappa shape index (κ3) is 3.67. The van der Waals surface area contributed by atoms with Crippen molar-refractivity contribution in [1.29, 1.82) is 0 Å². The Hall–Kier alpha value is -1.75. The molecule has 0 unspecified atom stereocenters. The molecule has 5 heteroatoms. The fraction of sp³-hybridized carbons (Fsp3) is 0.562. The van der Waals surface area contributed by atoms with Gasteiger partial charge in [0.2, 0.25) is 12.7 Å². The molecular formula is C16H24N2O3. The lowest BCUT2D eigenvalue weighted by Crippen LogP contribution is -2.40. The number of rotatable bonds is 4. The fourth-order valence-electron chi connectivity index (χ4n) is 2.17. The van der Waals surface area contributed by atoms with Gasteiger partial charge >= 0.3 is 0 Å². The van der Waals surface area contributed by atoms with Crippen molar-refractivity contribution in [3.8, 4) is 11.5 Å². The van der Waals surface area contributed by atoms with Crippen LogP contribution in [0.4, 0.5) is 0 Å². The zero-order valence-corrected chi connectivity index (χ0v) is 13.4. The molecular weight excluding hydrogens is 268 g/mol. The molecule has 2 rings (SSSR count). The highest BCUT2D eigenvalue weighted by molar-refractivity contribution is 5.81. The lowest BCUT2D eigenvalue weighted by Gasteiger charge is -2.27. The SMILES string of the molecule is CN(C)[C@@H](CNC(=O)C(C)(C)C)c1ccc2c(c1)OCO2. The van der Waals surface area contributed by atoms with Gasteiger partial charge in [0.25, 0.3) is 0 Å². The van der Waals surface area contributed by atoms with Crippen molar-refractivity contribution in [3.63, 3.8) is 0 Å². The van der Waals surface area contributed by atoms with E-state index in [-0.39, 0.29) is 24.2 Å². The number of hydrogen-bond acceptors (Lipinski definition) is 4. The van der Waals surface area contributed by atoms with Gasteiger partial charge in [0, 0.05) is 12.0 Å². The summed E-state index contributed by atoms with van der Waals surface area (Å²) in [6, 6.07) is 6.00. The van der Waals surface area contributed by atoms with Gasteiger partial charge in [-0.2, -0.15) is 0 Å². The maximum absolute atomic E-state index is 12.0. The van der Waals surface area contributed by atoms with Gasteiger partial charge in [-0.1, -0.05) is 26.8 Å². The topological polar surface area (TPSA) is 50.8 Å². The van der Waals surface area contributed by atoms with Crippen LogP contribution in [0.1, 0.15) is 32.4 Å². The van der Waals surface area contributed by atoms with Crippen LogP contribution in [0, 0.1) is 5.41 Å². The Balaban J connectivity index is 2.11. The molecule has 0 saturated heterocycles. The Bertz CT molecular complexity index is 521. The van der Waals surface area contributed by atoms with Crippen LogP contribution in [0.2, 0.25) is 0 Å². The van der Waals surface area contributed by atoms with Gasteiger partial charge in [0.15, 0.2) is 11.5 Å². The maximum Gasteiger partial charge on any atom is 0.231 e. The molecule has 1 aromatic carbocycles. The number of likely N-dealkylation sites (N-methyl/N-ethyl adjacent to an activating group) is 1. The molecule has 1 aliphatic rings. The highest BCUT2D eigenvalue weighted by Gasteiger charge is 2.24. The normalized spacial score (nSPS) is 15.1. The third-order valence-corrected chi connectivity index (χ3v) is 3.54. The first-order valence-corrected chi connectivity index (χ1v) is 7.13. The van der Waals surface area contributed by atoms with Crippen LogP contribution in [0.15, 0.2) is 18.2 Å². The zero-order chi connectivity index (χ0) is 15.6. The van der Waals surface area contributed by atoms with E-state index in [4.69, 9.17) is 9.47 Å². The standard InChI is InChI=1S/C16H24N2O3/c1-16(2,3)15(19)17-9-12(18(4)5)11-6-7-13-14(8-11)21-10-20-13/h6-8,12H,9-10H2,1-5H3,(H,17,19)/t12-/m0/s1. The number of nitrogens with one attached hydrogen (secondary N) is 1. The number of hydrogen-bond donors (Lipinski definition) is 1. The average molecular weight is 292 g/mol. The Kier molecular flexibility index (Phi) is 4.42. The molecule has 1 atom stereocenters. The summed E-state index contributed by atoms with van der Waals surface area (Å²) in [6.07, 6.45) is 0. The van der Waals surface area contributed by atoms with Gasteiger partial charge in [-0.3, -0.25) is 4.79 Å². The van der Waals surface area contributed by atoms with Gasteiger partial charge in [0.05, 0.1) is 6.04 Å². The highest BCUT2D eigenvalue weighted by atomic mass is 16.7. The van der Waals surface area contributed by atoms with Crippen LogP contribution < -0.4 is 14.8 Å². The van der Waals surface area contributed by atoms with Crippen LogP contribution in [0.25, 0.3) is 0 Å². The van der Waals surface area contributed by atoms with Crippen LogP contribution in [0.5, 0.6) is 11.5 Å². The van der Waals surface area contributed by atoms with Crippen molar-refractivity contribution in [1.82, 2.24) is 10.2 Å². The molecule has 1 amide bonds. The largest absolute Gasteiger partial charge is 0.454 e. The molecule has 0 radical (unpaired) electrons. The molecule has 0 aromatic heterocycles. The molecule has 5 nitrogen and oxygen atoms in total. The minimum atomic E-state index is -0.383. The van der Waals surface area contributed by atoms with Crippen LogP contribution in [0.3, 0.4) is 0 Å². The molecule has 1 aromatic rings. The summed E-state index contributed by atoms with van der Waals surface area (Å²) < 4.78 is 10.8. The van der Waals surface area contributed by atoms with Crippen LogP contribution in [-0.4, -0.2) is 38.2 Å². The Morgan fingerprint density at radius 2 is 1.95 bits per heavy atom. The van der Waals surface area contributed by atoms with Gasteiger partial charge in [-0.15, -0.1) is 0 Å². The summed E-state index contributed by atoms with van der Waals surface area (Å²) in [5.41, 5.74) is 0.713. The Labute approximate surface area is 126 Å². The first kappa shape index (κ1) is 15.6. The zero-order valence-electron chi connectivity index (χ0n) is 13.4. The molecule has 0 saturated carbocycles. The van der Waals surface area contributed by atoms with E-state index in [0.717, 1.165) is 17.1 Å². The van der Waals surface area contributed by atoms with Crippen LogP contribution in [-0.2, 0) is 4.79 Å². The van der Waals surface area contributed by atoms with Gasteiger partial charge in [-0.25, -0.2) is 0 Å². The van der Waals surface area contributed by atoms with Gasteiger partial charge in [0.1, 0.15) is 0 Å². The van der Waals surface area contributed by atoms with E-state index in [9.17, 15) is 4.79 Å². The predicted octanol–water partition coefficient (Wildman–Crippen LogP) is 2.18. The summed E-state index contributed by atoms with van der Waals surface area (Å²) in [4.78, 5) is 14.1. The van der Waals surface area contributed by atoms with Crippen molar-refractivity contribution in [2.24, 2.45) is 5.41 Å². The number of ether oxygens (including phenoxy) is 2. The van der Waals surface area contributed by atoms with Gasteiger partial charge in [-0.05, 0) is 31.8 Å². The van der Waals surface area contributed by atoms with Crippen LogP contribution >= 0.6 is 0 Å². The minimum absolute atomic E-state index is 0.0510. The summed E-state index contributed by atoms with van der Waals surface area (Å²) in [6.45, 7) is 6.56. The lowest BCUT2D eigenvalue weighted by molar-refractivity contribution is -0.128. The molecule has 1 heterocycles. The molecule has 0 spiro atoms. The molecule has 0 bridgehead atoms. The molecule has 1 N–H and O–H groups in total. The van der Waals surface area contributed by atoms with Crippen molar-refractivity contribution < 1.29 is 14.3 Å². The second-order valence-corrected chi connectivity index (χ2v) is 6.55. The van der Waals surface area contributed by atoms with E-state index < -0.39 is 0 Å². The second kappa shape index (κ2) is 5.93. The van der Waals surface area contributed by atoms with Crippen molar-refractivity contribution in [2.75, 3.05) is 27.4 Å². The molecule has 21 heavy (non-hydrogen) atoms. The first-order chi connectivity index (χ1) is 9.79. The van der Waals surface area contributed by atoms with Crippen molar-refractivity contribution >= 4 is 5.91 Å².